The first-order valence-electron chi connectivity index (χ1n) is 5.95. The van der Waals surface area contributed by atoms with E-state index < -0.39 is 10.0 Å². The van der Waals surface area contributed by atoms with Gasteiger partial charge in [-0.15, -0.1) is 0 Å². The second-order valence-electron chi connectivity index (χ2n) is 5.46. The lowest BCUT2D eigenvalue weighted by atomic mass is 9.95. The van der Waals surface area contributed by atoms with Crippen molar-refractivity contribution in [2.75, 3.05) is 13.1 Å². The molecule has 102 valence electrons. The first-order valence-corrected chi connectivity index (χ1v) is 7.43. The number of hydrogen-bond donors (Lipinski definition) is 2. The van der Waals surface area contributed by atoms with Crippen molar-refractivity contribution in [2.45, 2.75) is 32.6 Å². The van der Waals surface area contributed by atoms with E-state index in [9.17, 15) is 8.42 Å². The molecule has 0 unspecified atom stereocenters. The minimum absolute atomic E-state index is 0.244. The molecule has 3 N–H and O–H groups in total. The third-order valence-corrected chi connectivity index (χ3v) is 4.47. The zero-order valence-corrected chi connectivity index (χ0v) is 12.3. The topological polar surface area (TPSA) is 72.2 Å². The molecule has 0 aliphatic rings. The Bertz CT molecular complexity index is 522. The summed E-state index contributed by atoms with van der Waals surface area (Å²) >= 11 is 0. The molecule has 0 atom stereocenters. The molecule has 0 aliphatic heterocycles. The average Bonchev–Trinajstić information content (AvgIpc) is 2.26. The highest BCUT2D eigenvalue weighted by molar-refractivity contribution is 7.89. The monoisotopic (exact) mass is 270 g/mol. The molecule has 0 aromatic heterocycles. The summed E-state index contributed by atoms with van der Waals surface area (Å²) < 4.78 is 27.0. The van der Waals surface area contributed by atoms with Crippen LogP contribution in [-0.2, 0) is 10.0 Å². The summed E-state index contributed by atoms with van der Waals surface area (Å²) in [4.78, 5) is 0.334. The summed E-state index contributed by atoms with van der Waals surface area (Å²) in [7, 11) is -3.46. The second kappa shape index (κ2) is 5.38. The molecule has 1 aromatic carbocycles. The minimum atomic E-state index is -3.46. The molecular weight excluding hydrogens is 248 g/mol. The number of benzene rings is 1. The van der Waals surface area contributed by atoms with Crippen molar-refractivity contribution < 1.29 is 8.42 Å². The first-order chi connectivity index (χ1) is 8.18. The number of rotatable bonds is 5. The highest BCUT2D eigenvalue weighted by Gasteiger charge is 2.22. The molecule has 5 heteroatoms. The third kappa shape index (κ3) is 3.80. The van der Waals surface area contributed by atoms with Gasteiger partial charge in [0.2, 0.25) is 10.0 Å². The van der Waals surface area contributed by atoms with E-state index in [1.54, 1.807) is 19.1 Å². The maximum atomic E-state index is 12.2. The number of nitrogens with one attached hydrogen (secondary N) is 1. The van der Waals surface area contributed by atoms with Gasteiger partial charge in [-0.2, -0.15) is 0 Å². The predicted molar refractivity (Wildman–Crippen MR) is 73.9 cm³/mol. The van der Waals surface area contributed by atoms with E-state index in [0.29, 0.717) is 18.0 Å². The van der Waals surface area contributed by atoms with Crippen molar-refractivity contribution >= 4 is 10.0 Å². The van der Waals surface area contributed by atoms with Gasteiger partial charge < -0.3 is 5.73 Å². The van der Waals surface area contributed by atoms with Crippen LogP contribution in [0.2, 0.25) is 0 Å². The van der Waals surface area contributed by atoms with Crippen LogP contribution >= 0.6 is 0 Å². The molecule has 18 heavy (non-hydrogen) atoms. The molecule has 0 saturated heterocycles. The van der Waals surface area contributed by atoms with Crippen molar-refractivity contribution in [1.29, 1.82) is 0 Å². The third-order valence-electron chi connectivity index (χ3n) is 2.91. The summed E-state index contributed by atoms with van der Waals surface area (Å²) in [5.74, 6) is 0. The quantitative estimate of drug-likeness (QED) is 0.853. The lowest BCUT2D eigenvalue weighted by Gasteiger charge is -2.22. The Morgan fingerprint density at radius 1 is 1.28 bits per heavy atom. The van der Waals surface area contributed by atoms with Gasteiger partial charge in [-0.25, -0.2) is 13.1 Å². The van der Waals surface area contributed by atoms with Gasteiger partial charge in [-0.05, 0) is 37.4 Å². The molecule has 0 fully saturated rings. The fourth-order valence-electron chi connectivity index (χ4n) is 1.54. The molecule has 0 heterocycles. The minimum Gasteiger partial charge on any atom is -0.330 e. The zero-order valence-electron chi connectivity index (χ0n) is 11.4. The Morgan fingerprint density at radius 2 is 1.89 bits per heavy atom. The smallest absolute Gasteiger partial charge is 0.240 e. The van der Waals surface area contributed by atoms with Crippen LogP contribution in [0.4, 0.5) is 0 Å². The highest BCUT2D eigenvalue weighted by atomic mass is 32.2. The van der Waals surface area contributed by atoms with Crippen LogP contribution in [0.5, 0.6) is 0 Å². The Balaban J connectivity index is 2.94. The average molecular weight is 270 g/mol. The number of sulfonamides is 1. The number of aryl methyl sites for hydroxylation is 2. The van der Waals surface area contributed by atoms with Crippen LogP contribution in [0, 0.1) is 19.3 Å². The van der Waals surface area contributed by atoms with Crippen LogP contribution in [0.15, 0.2) is 23.1 Å². The van der Waals surface area contributed by atoms with E-state index >= 15 is 0 Å². The van der Waals surface area contributed by atoms with Gasteiger partial charge in [0.05, 0.1) is 4.90 Å². The van der Waals surface area contributed by atoms with Crippen molar-refractivity contribution in [3.63, 3.8) is 0 Å². The summed E-state index contributed by atoms with van der Waals surface area (Å²) in [6, 6.07) is 5.31. The van der Waals surface area contributed by atoms with Crippen molar-refractivity contribution in [1.82, 2.24) is 4.72 Å². The summed E-state index contributed by atoms with van der Waals surface area (Å²) in [6.45, 7) is 8.36. The SMILES string of the molecule is Cc1ccc(S(=O)(=O)NCC(C)(C)CN)c(C)c1. The van der Waals surface area contributed by atoms with Crippen molar-refractivity contribution in [3.8, 4) is 0 Å². The first kappa shape index (κ1) is 15.1. The maximum Gasteiger partial charge on any atom is 0.240 e. The molecule has 0 amide bonds. The van der Waals surface area contributed by atoms with Crippen LogP contribution < -0.4 is 10.5 Å². The largest absolute Gasteiger partial charge is 0.330 e. The van der Waals surface area contributed by atoms with E-state index in [2.05, 4.69) is 4.72 Å². The van der Waals surface area contributed by atoms with Gasteiger partial charge in [-0.3, -0.25) is 0 Å². The zero-order chi connectivity index (χ0) is 14.0. The Kier molecular flexibility index (Phi) is 4.53. The van der Waals surface area contributed by atoms with Gasteiger partial charge >= 0.3 is 0 Å². The molecule has 4 nitrogen and oxygen atoms in total. The van der Waals surface area contributed by atoms with Crippen LogP contribution in [0.25, 0.3) is 0 Å². The van der Waals surface area contributed by atoms with Crippen molar-refractivity contribution in [3.05, 3.63) is 29.3 Å². The molecule has 0 bridgehead atoms. The van der Waals surface area contributed by atoms with Gasteiger partial charge in [0.15, 0.2) is 0 Å². The van der Waals surface area contributed by atoms with E-state index in [1.165, 1.54) is 0 Å². The van der Waals surface area contributed by atoms with Crippen LogP contribution in [0.3, 0.4) is 0 Å². The lowest BCUT2D eigenvalue weighted by Crippen LogP contribution is -2.38. The number of hydrogen-bond acceptors (Lipinski definition) is 3. The standard InChI is InChI=1S/C13H22N2O2S/c1-10-5-6-12(11(2)7-10)18(16,17)15-9-13(3,4)8-14/h5-7,15H,8-9,14H2,1-4H3. The molecule has 0 radical (unpaired) electrons. The normalized spacial score (nSPS) is 12.7. The molecule has 0 aliphatic carbocycles. The fourth-order valence-corrected chi connectivity index (χ4v) is 3.01. The number of nitrogens with two attached hydrogens (primary N) is 1. The Hall–Kier alpha value is -0.910. The van der Waals surface area contributed by atoms with E-state index in [4.69, 9.17) is 5.73 Å². The molecular formula is C13H22N2O2S. The van der Waals surface area contributed by atoms with E-state index in [-0.39, 0.29) is 5.41 Å². The van der Waals surface area contributed by atoms with Crippen LogP contribution in [0.1, 0.15) is 25.0 Å². The van der Waals surface area contributed by atoms with Gasteiger partial charge in [0, 0.05) is 6.54 Å². The Morgan fingerprint density at radius 3 is 2.39 bits per heavy atom. The maximum absolute atomic E-state index is 12.2. The second-order valence-corrected chi connectivity index (χ2v) is 7.20. The molecule has 1 rings (SSSR count). The van der Waals surface area contributed by atoms with Gasteiger partial charge in [0.25, 0.3) is 0 Å². The van der Waals surface area contributed by atoms with Crippen LogP contribution in [-0.4, -0.2) is 21.5 Å². The molecule has 0 saturated carbocycles. The van der Waals surface area contributed by atoms with E-state index in [1.807, 2.05) is 26.8 Å². The molecule has 1 aromatic rings. The summed E-state index contributed by atoms with van der Waals surface area (Å²) in [5, 5.41) is 0. The lowest BCUT2D eigenvalue weighted by molar-refractivity contribution is 0.376. The predicted octanol–water partition coefficient (Wildman–Crippen LogP) is 1.57. The van der Waals surface area contributed by atoms with E-state index in [0.717, 1.165) is 11.1 Å². The van der Waals surface area contributed by atoms with Gasteiger partial charge in [-0.1, -0.05) is 31.5 Å². The summed E-state index contributed by atoms with van der Waals surface area (Å²) in [5.41, 5.74) is 7.15. The summed E-state index contributed by atoms with van der Waals surface area (Å²) in [6.07, 6.45) is 0. The van der Waals surface area contributed by atoms with Gasteiger partial charge in [0.1, 0.15) is 0 Å². The molecule has 0 spiro atoms. The highest BCUT2D eigenvalue weighted by Crippen LogP contribution is 2.18. The van der Waals surface area contributed by atoms with Crippen molar-refractivity contribution in [2.24, 2.45) is 11.1 Å². The fraction of sp³-hybridized carbons (Fsp3) is 0.538. The Labute approximate surface area is 110 Å².